The summed E-state index contributed by atoms with van der Waals surface area (Å²) in [5.41, 5.74) is 4.66. The minimum Gasteiger partial charge on any atom is -0.472 e. The van der Waals surface area contributed by atoms with Crippen molar-refractivity contribution in [2.45, 2.75) is 26.2 Å². The van der Waals surface area contributed by atoms with E-state index in [9.17, 15) is 4.79 Å². The van der Waals surface area contributed by atoms with Crippen molar-refractivity contribution in [2.24, 2.45) is 0 Å². The van der Waals surface area contributed by atoms with Crippen LogP contribution in [0.4, 0.5) is 10.1 Å². The predicted octanol–water partition coefficient (Wildman–Crippen LogP) is 5.49. The van der Waals surface area contributed by atoms with Crippen LogP contribution in [0.5, 0.6) is 0 Å². The Bertz CT molecular complexity index is 1740. The molecule has 0 bridgehead atoms. The number of imidazole rings is 1. The zero-order chi connectivity index (χ0) is 25.4. The van der Waals surface area contributed by atoms with E-state index >= 15 is 4.39 Å². The molecule has 6 aromatic heterocycles. The molecule has 6 rings (SSSR count). The van der Waals surface area contributed by atoms with Gasteiger partial charge in [-0.25, -0.2) is 9.37 Å². The molecule has 0 fully saturated rings. The van der Waals surface area contributed by atoms with Crippen molar-refractivity contribution in [1.82, 2.24) is 35.1 Å². The molecular formula is C26H21FN8O2. The maximum Gasteiger partial charge on any atom is 0.224 e. The molecule has 184 valence electrons. The summed E-state index contributed by atoms with van der Waals surface area (Å²) < 4.78 is 21.2. The zero-order valence-electron chi connectivity index (χ0n) is 19.7. The number of carbonyl (C=O) groups excluding carboxylic acids is 1. The van der Waals surface area contributed by atoms with Gasteiger partial charge in [-0.15, -0.1) is 0 Å². The summed E-state index contributed by atoms with van der Waals surface area (Å²) >= 11 is 0. The summed E-state index contributed by atoms with van der Waals surface area (Å²) in [6.45, 7) is 2.02. The molecule has 6 heterocycles. The van der Waals surface area contributed by atoms with Gasteiger partial charge in [0.25, 0.3) is 0 Å². The Morgan fingerprint density at radius 1 is 1.08 bits per heavy atom. The van der Waals surface area contributed by atoms with Gasteiger partial charge in [0.1, 0.15) is 16.9 Å². The first kappa shape index (κ1) is 22.5. The minimum atomic E-state index is -0.578. The van der Waals surface area contributed by atoms with Crippen molar-refractivity contribution in [3.8, 4) is 33.9 Å². The Kier molecular flexibility index (Phi) is 5.64. The van der Waals surface area contributed by atoms with Gasteiger partial charge in [0, 0.05) is 35.5 Å². The van der Waals surface area contributed by atoms with Crippen LogP contribution in [-0.2, 0) is 4.79 Å². The summed E-state index contributed by atoms with van der Waals surface area (Å²) in [5, 5.41) is 10.2. The summed E-state index contributed by atoms with van der Waals surface area (Å²) in [4.78, 5) is 32.8. The largest absolute Gasteiger partial charge is 0.472 e. The number of aromatic nitrogens is 7. The fraction of sp³-hybridized carbons (Fsp3) is 0.154. The van der Waals surface area contributed by atoms with Crippen LogP contribution in [0, 0.1) is 5.82 Å². The fourth-order valence-corrected chi connectivity index (χ4v) is 4.22. The lowest BCUT2D eigenvalue weighted by molar-refractivity contribution is -0.116. The highest BCUT2D eigenvalue weighted by atomic mass is 19.1. The van der Waals surface area contributed by atoms with E-state index < -0.39 is 5.82 Å². The average Bonchev–Trinajstić information content (AvgIpc) is 3.67. The highest BCUT2D eigenvalue weighted by molar-refractivity contribution is 5.98. The lowest BCUT2D eigenvalue weighted by atomic mass is 10.1. The Labute approximate surface area is 209 Å². The molecule has 0 aliphatic carbocycles. The van der Waals surface area contributed by atoms with Crippen LogP contribution >= 0.6 is 0 Å². The van der Waals surface area contributed by atoms with Gasteiger partial charge in [0.2, 0.25) is 5.91 Å². The van der Waals surface area contributed by atoms with E-state index in [1.807, 2.05) is 13.0 Å². The second kappa shape index (κ2) is 9.26. The highest BCUT2D eigenvalue weighted by Gasteiger charge is 2.21. The topological polar surface area (TPSA) is 138 Å². The smallest absolute Gasteiger partial charge is 0.224 e. The number of hydrogen-bond acceptors (Lipinski definition) is 7. The maximum absolute atomic E-state index is 15.9. The SMILES string of the molecule is CCCCC(=O)Nc1cncc(-c2ncc3[nH]nc(-c4nc5c(-c6ccoc6)cncc5[nH]4)c3c2F)c1. The van der Waals surface area contributed by atoms with Crippen LogP contribution in [-0.4, -0.2) is 41.0 Å². The molecule has 0 aromatic carbocycles. The minimum absolute atomic E-state index is 0.0872. The van der Waals surface area contributed by atoms with E-state index in [0.29, 0.717) is 45.7 Å². The number of aromatic amines is 2. The van der Waals surface area contributed by atoms with E-state index in [2.05, 4.69) is 35.5 Å². The number of H-pyrrole nitrogens is 2. The predicted molar refractivity (Wildman–Crippen MR) is 136 cm³/mol. The number of nitrogens with one attached hydrogen (secondary N) is 3. The molecule has 1 amide bonds. The molecule has 10 nitrogen and oxygen atoms in total. The molecule has 0 saturated carbocycles. The molecule has 11 heteroatoms. The normalized spacial score (nSPS) is 11.4. The van der Waals surface area contributed by atoms with E-state index in [1.54, 1.807) is 31.0 Å². The molecule has 0 spiro atoms. The number of hydrogen-bond donors (Lipinski definition) is 3. The number of unbranched alkanes of at least 4 members (excludes halogenated alkanes) is 1. The number of halogens is 1. The van der Waals surface area contributed by atoms with Gasteiger partial charge < -0.3 is 14.7 Å². The van der Waals surface area contributed by atoms with E-state index in [-0.39, 0.29) is 17.0 Å². The third kappa shape index (κ3) is 4.10. The number of amides is 1. The van der Waals surface area contributed by atoms with Gasteiger partial charge in [-0.1, -0.05) is 13.3 Å². The van der Waals surface area contributed by atoms with Gasteiger partial charge in [0.05, 0.1) is 53.2 Å². The lowest BCUT2D eigenvalue weighted by Gasteiger charge is -2.08. The number of anilines is 1. The fourth-order valence-electron chi connectivity index (χ4n) is 4.22. The van der Waals surface area contributed by atoms with Crippen LogP contribution in [0.3, 0.4) is 0 Å². The van der Waals surface area contributed by atoms with Gasteiger partial charge in [0.15, 0.2) is 11.6 Å². The number of furan rings is 1. The van der Waals surface area contributed by atoms with Gasteiger partial charge in [-0.3, -0.25) is 24.8 Å². The molecule has 0 aliphatic heterocycles. The number of nitrogens with zero attached hydrogens (tertiary/aromatic N) is 5. The molecule has 0 radical (unpaired) electrons. The van der Waals surface area contributed by atoms with Crippen molar-refractivity contribution in [3.05, 3.63) is 61.5 Å². The molecule has 0 aliphatic rings. The first-order valence-electron chi connectivity index (χ1n) is 11.8. The third-order valence-electron chi connectivity index (χ3n) is 6.05. The average molecular weight is 497 g/mol. The molecule has 6 aromatic rings. The summed E-state index contributed by atoms with van der Waals surface area (Å²) in [5.74, 6) is -0.313. The highest BCUT2D eigenvalue weighted by Crippen LogP contribution is 2.34. The van der Waals surface area contributed by atoms with Gasteiger partial charge in [-0.05, 0) is 18.6 Å². The molecular weight excluding hydrogens is 475 g/mol. The summed E-state index contributed by atoms with van der Waals surface area (Å²) in [7, 11) is 0. The standard InChI is InChI=1S/C26H21FN8O2/c1-2-3-4-20(36)31-16-7-15(8-28-9-16)23-22(27)21-18(12-30-23)34-35-25(21)26-32-19-11-29-10-17(24(19)33-26)14-5-6-37-13-14/h5-13H,2-4H2,1H3,(H,31,36)(H,32,33)(H,34,35). The van der Waals surface area contributed by atoms with Crippen molar-refractivity contribution < 1.29 is 13.6 Å². The quantitative estimate of drug-likeness (QED) is 0.266. The van der Waals surface area contributed by atoms with Crippen LogP contribution in [0.15, 0.2) is 60.1 Å². The number of fused-ring (bicyclic) bond motifs is 2. The molecule has 0 atom stereocenters. The number of rotatable bonds is 7. The lowest BCUT2D eigenvalue weighted by Crippen LogP contribution is -2.11. The Morgan fingerprint density at radius 2 is 1.97 bits per heavy atom. The third-order valence-corrected chi connectivity index (χ3v) is 6.05. The summed E-state index contributed by atoms with van der Waals surface area (Å²) in [6.07, 6.45) is 13.2. The first-order valence-corrected chi connectivity index (χ1v) is 11.8. The van der Waals surface area contributed by atoms with Gasteiger partial charge >= 0.3 is 0 Å². The molecule has 3 N–H and O–H groups in total. The van der Waals surface area contributed by atoms with E-state index in [0.717, 1.165) is 24.0 Å². The first-order chi connectivity index (χ1) is 18.1. The second-order valence-corrected chi connectivity index (χ2v) is 8.58. The van der Waals surface area contributed by atoms with E-state index in [4.69, 9.17) is 9.40 Å². The van der Waals surface area contributed by atoms with Crippen LogP contribution in [0.25, 0.3) is 55.8 Å². The monoisotopic (exact) mass is 496 g/mol. The number of pyridine rings is 3. The van der Waals surface area contributed by atoms with Crippen molar-refractivity contribution >= 4 is 33.5 Å². The van der Waals surface area contributed by atoms with E-state index in [1.165, 1.54) is 18.6 Å². The molecule has 37 heavy (non-hydrogen) atoms. The maximum atomic E-state index is 15.9. The Balaban J connectivity index is 1.41. The van der Waals surface area contributed by atoms with Crippen molar-refractivity contribution in [3.63, 3.8) is 0 Å². The van der Waals surface area contributed by atoms with Crippen LogP contribution < -0.4 is 5.32 Å². The van der Waals surface area contributed by atoms with Crippen LogP contribution in [0.1, 0.15) is 26.2 Å². The molecule has 0 saturated heterocycles. The molecule has 0 unspecified atom stereocenters. The Morgan fingerprint density at radius 3 is 2.81 bits per heavy atom. The van der Waals surface area contributed by atoms with Crippen molar-refractivity contribution in [1.29, 1.82) is 0 Å². The zero-order valence-corrected chi connectivity index (χ0v) is 19.7. The van der Waals surface area contributed by atoms with Crippen LogP contribution in [0.2, 0.25) is 0 Å². The van der Waals surface area contributed by atoms with Crippen molar-refractivity contribution in [2.75, 3.05) is 5.32 Å². The summed E-state index contributed by atoms with van der Waals surface area (Å²) in [6, 6.07) is 3.47. The number of carbonyl (C=O) groups is 1. The second-order valence-electron chi connectivity index (χ2n) is 8.58. The Hall–Kier alpha value is -4.93. The van der Waals surface area contributed by atoms with Gasteiger partial charge in [-0.2, -0.15) is 5.10 Å².